The van der Waals surface area contributed by atoms with Gasteiger partial charge >= 0.3 is 0 Å². The minimum absolute atomic E-state index is 0.109. The predicted octanol–water partition coefficient (Wildman–Crippen LogP) is 3.22. The molecule has 1 aliphatic carbocycles. The van der Waals surface area contributed by atoms with Gasteiger partial charge < -0.3 is 14.6 Å². The molecule has 1 unspecified atom stereocenters. The van der Waals surface area contributed by atoms with Crippen LogP contribution in [0.4, 0.5) is 0 Å². The van der Waals surface area contributed by atoms with E-state index in [1.807, 2.05) is 25.1 Å². The number of hydrogen-bond donors (Lipinski definition) is 1. The molecule has 1 aromatic heterocycles. The molecule has 0 radical (unpaired) electrons. The van der Waals surface area contributed by atoms with Crippen LogP contribution in [0.15, 0.2) is 29.4 Å². The van der Waals surface area contributed by atoms with Crippen molar-refractivity contribution in [1.82, 2.24) is 14.9 Å². The number of rotatable bonds is 7. The van der Waals surface area contributed by atoms with Gasteiger partial charge in [-0.1, -0.05) is 36.7 Å². The number of imidazole rings is 1. The molecule has 1 atom stereocenters. The Labute approximate surface area is 147 Å². The molecule has 1 saturated carbocycles. The third-order valence-electron chi connectivity index (χ3n) is 4.49. The largest absolute Gasteiger partial charge is 0.383 e. The number of ether oxygens (including phenoxy) is 1. The number of carbonyl (C=O) groups is 1. The molecule has 3 rings (SSSR count). The van der Waals surface area contributed by atoms with Crippen LogP contribution in [0.5, 0.6) is 0 Å². The first-order valence-electron chi connectivity index (χ1n) is 8.60. The van der Waals surface area contributed by atoms with Crippen molar-refractivity contribution in [3.63, 3.8) is 0 Å². The number of hydrogen-bond acceptors (Lipinski definition) is 4. The van der Waals surface area contributed by atoms with Crippen LogP contribution < -0.4 is 5.32 Å². The molecule has 0 aliphatic heterocycles. The first-order chi connectivity index (χ1) is 11.7. The lowest BCUT2D eigenvalue weighted by Gasteiger charge is -2.16. The Bertz CT molecular complexity index is 695. The molecule has 5 nitrogen and oxygen atoms in total. The lowest BCUT2D eigenvalue weighted by Crippen LogP contribution is -2.37. The molecular weight excluding hydrogens is 322 g/mol. The fourth-order valence-electron chi connectivity index (χ4n) is 3.14. The minimum Gasteiger partial charge on any atom is -0.383 e. The van der Waals surface area contributed by atoms with Crippen molar-refractivity contribution in [3.8, 4) is 0 Å². The number of para-hydroxylation sites is 2. The average Bonchev–Trinajstić information content (AvgIpc) is 3.20. The molecule has 2 aromatic rings. The van der Waals surface area contributed by atoms with Crippen molar-refractivity contribution < 1.29 is 9.53 Å². The van der Waals surface area contributed by atoms with Gasteiger partial charge in [0.1, 0.15) is 0 Å². The summed E-state index contributed by atoms with van der Waals surface area (Å²) < 4.78 is 7.36. The Kier molecular flexibility index (Phi) is 5.79. The van der Waals surface area contributed by atoms with Gasteiger partial charge in [-0.05, 0) is 31.9 Å². The van der Waals surface area contributed by atoms with Crippen LogP contribution in [0.25, 0.3) is 11.0 Å². The van der Waals surface area contributed by atoms with Gasteiger partial charge in [-0.15, -0.1) is 0 Å². The number of thioether (sulfide) groups is 1. The average molecular weight is 347 g/mol. The van der Waals surface area contributed by atoms with Crippen molar-refractivity contribution in [3.05, 3.63) is 24.3 Å². The van der Waals surface area contributed by atoms with Gasteiger partial charge in [0, 0.05) is 19.7 Å². The lowest BCUT2D eigenvalue weighted by atomic mass is 10.2. The molecule has 24 heavy (non-hydrogen) atoms. The van der Waals surface area contributed by atoms with E-state index in [-0.39, 0.29) is 11.2 Å². The molecule has 1 fully saturated rings. The van der Waals surface area contributed by atoms with Crippen molar-refractivity contribution in [1.29, 1.82) is 0 Å². The summed E-state index contributed by atoms with van der Waals surface area (Å²) in [4.78, 5) is 17.2. The predicted molar refractivity (Wildman–Crippen MR) is 97.3 cm³/mol. The highest BCUT2D eigenvalue weighted by Gasteiger charge is 2.23. The van der Waals surface area contributed by atoms with Gasteiger partial charge in [0.15, 0.2) is 5.16 Å². The molecule has 1 aromatic carbocycles. The van der Waals surface area contributed by atoms with E-state index in [2.05, 4.69) is 16.0 Å². The van der Waals surface area contributed by atoms with E-state index in [0.29, 0.717) is 12.6 Å². The molecule has 0 spiro atoms. The third kappa shape index (κ3) is 3.92. The molecule has 6 heteroatoms. The summed E-state index contributed by atoms with van der Waals surface area (Å²) in [5.74, 6) is 0.109. The van der Waals surface area contributed by atoms with E-state index in [0.717, 1.165) is 35.6 Å². The zero-order chi connectivity index (χ0) is 16.9. The molecule has 1 N–H and O–H groups in total. The maximum absolute atomic E-state index is 12.5. The monoisotopic (exact) mass is 347 g/mol. The summed E-state index contributed by atoms with van der Waals surface area (Å²) in [6.07, 6.45) is 4.66. The highest BCUT2D eigenvalue weighted by molar-refractivity contribution is 8.00. The fourth-order valence-corrected chi connectivity index (χ4v) is 4.10. The van der Waals surface area contributed by atoms with Crippen molar-refractivity contribution in [2.45, 2.75) is 55.6 Å². The zero-order valence-corrected chi connectivity index (χ0v) is 15.1. The number of benzene rings is 1. The molecule has 130 valence electrons. The highest BCUT2D eigenvalue weighted by Crippen LogP contribution is 2.28. The first-order valence-corrected chi connectivity index (χ1v) is 9.48. The lowest BCUT2D eigenvalue weighted by molar-refractivity contribution is -0.120. The Hall–Kier alpha value is -1.53. The van der Waals surface area contributed by atoms with Crippen LogP contribution in [0.1, 0.15) is 32.6 Å². The van der Waals surface area contributed by atoms with E-state index in [4.69, 9.17) is 9.72 Å². The summed E-state index contributed by atoms with van der Waals surface area (Å²) in [7, 11) is 1.70. The van der Waals surface area contributed by atoms with Gasteiger partial charge in [-0.2, -0.15) is 0 Å². The molecule has 0 saturated heterocycles. The highest BCUT2D eigenvalue weighted by atomic mass is 32.2. The second-order valence-corrected chi connectivity index (χ2v) is 7.59. The van der Waals surface area contributed by atoms with Crippen LogP contribution in [-0.2, 0) is 16.1 Å². The van der Waals surface area contributed by atoms with Gasteiger partial charge in [-0.25, -0.2) is 4.98 Å². The quantitative estimate of drug-likeness (QED) is 0.781. The number of nitrogens with zero attached hydrogens (tertiary/aromatic N) is 2. The molecule has 1 heterocycles. The fraction of sp³-hybridized carbons (Fsp3) is 0.556. The minimum atomic E-state index is -0.163. The summed E-state index contributed by atoms with van der Waals surface area (Å²) >= 11 is 1.52. The van der Waals surface area contributed by atoms with E-state index in [1.54, 1.807) is 7.11 Å². The third-order valence-corrected chi connectivity index (χ3v) is 5.58. The first kappa shape index (κ1) is 17.3. The Balaban J connectivity index is 1.74. The van der Waals surface area contributed by atoms with Crippen LogP contribution in [0, 0.1) is 0 Å². The molecule has 1 amide bonds. The van der Waals surface area contributed by atoms with E-state index in [9.17, 15) is 4.79 Å². The molecule has 0 bridgehead atoms. The van der Waals surface area contributed by atoms with E-state index < -0.39 is 0 Å². The second kappa shape index (κ2) is 8.03. The van der Waals surface area contributed by atoms with Crippen molar-refractivity contribution >= 4 is 28.7 Å². The number of carbonyl (C=O) groups excluding carboxylic acids is 1. The van der Waals surface area contributed by atoms with E-state index >= 15 is 0 Å². The number of fused-ring (bicyclic) bond motifs is 1. The van der Waals surface area contributed by atoms with Gasteiger partial charge in [0.25, 0.3) is 0 Å². The summed E-state index contributed by atoms with van der Waals surface area (Å²) in [6.45, 7) is 3.31. The summed E-state index contributed by atoms with van der Waals surface area (Å²) in [5, 5.41) is 3.89. The summed E-state index contributed by atoms with van der Waals surface area (Å²) in [5.41, 5.74) is 2.04. The maximum Gasteiger partial charge on any atom is 0.233 e. The smallest absolute Gasteiger partial charge is 0.233 e. The Morgan fingerprint density at radius 2 is 2.17 bits per heavy atom. The van der Waals surface area contributed by atoms with Crippen LogP contribution in [0.2, 0.25) is 0 Å². The van der Waals surface area contributed by atoms with Crippen LogP contribution in [0.3, 0.4) is 0 Å². The van der Waals surface area contributed by atoms with Gasteiger partial charge in [0.2, 0.25) is 5.91 Å². The number of aromatic nitrogens is 2. The van der Waals surface area contributed by atoms with Crippen molar-refractivity contribution in [2.24, 2.45) is 0 Å². The normalized spacial score (nSPS) is 16.6. The van der Waals surface area contributed by atoms with Gasteiger partial charge in [0.05, 0.1) is 22.9 Å². The Morgan fingerprint density at radius 3 is 2.92 bits per heavy atom. The van der Waals surface area contributed by atoms with Crippen LogP contribution >= 0.6 is 11.8 Å². The number of methoxy groups -OCH3 is 1. The molecular formula is C18H25N3O2S. The number of amides is 1. The van der Waals surface area contributed by atoms with Crippen LogP contribution in [-0.4, -0.2) is 40.5 Å². The van der Waals surface area contributed by atoms with Crippen molar-refractivity contribution in [2.75, 3.05) is 13.7 Å². The van der Waals surface area contributed by atoms with Gasteiger partial charge in [-0.3, -0.25) is 4.79 Å². The standard InChI is InChI=1S/C18H25N3O2S/c1-13(17(22)19-14-7-3-4-8-14)24-18-20-15-9-5-6-10-16(15)21(18)11-12-23-2/h5-6,9-10,13-14H,3-4,7-8,11-12H2,1-2H3,(H,19,22). The second-order valence-electron chi connectivity index (χ2n) is 6.28. The Morgan fingerprint density at radius 1 is 1.42 bits per heavy atom. The molecule has 1 aliphatic rings. The summed E-state index contributed by atoms with van der Waals surface area (Å²) in [6, 6.07) is 8.42. The number of nitrogens with one attached hydrogen (secondary N) is 1. The van der Waals surface area contributed by atoms with E-state index in [1.165, 1.54) is 24.6 Å². The SMILES string of the molecule is COCCn1c(SC(C)C(=O)NC2CCCC2)nc2ccccc21. The maximum atomic E-state index is 12.5. The zero-order valence-electron chi connectivity index (χ0n) is 14.3. The topological polar surface area (TPSA) is 56.1 Å².